The van der Waals surface area contributed by atoms with Crippen LogP contribution in [0.15, 0.2) is 23.3 Å². The maximum Gasteiger partial charge on any atom is 0.270 e. The van der Waals surface area contributed by atoms with Gasteiger partial charge in [-0.1, -0.05) is 11.6 Å². The molecule has 0 aromatic heterocycles. The van der Waals surface area contributed by atoms with Crippen LogP contribution in [0.3, 0.4) is 0 Å². The second kappa shape index (κ2) is 6.87. The van der Waals surface area contributed by atoms with Crippen molar-refractivity contribution in [1.82, 2.24) is 10.7 Å². The van der Waals surface area contributed by atoms with Crippen molar-refractivity contribution in [3.8, 4) is 0 Å². The van der Waals surface area contributed by atoms with Crippen molar-refractivity contribution in [2.75, 3.05) is 6.54 Å². The fourth-order valence-electron chi connectivity index (χ4n) is 1.10. The Morgan fingerprint density at radius 3 is 3.00 bits per heavy atom. The number of halogens is 1. The number of hydrogen-bond donors (Lipinski definition) is 2. The van der Waals surface area contributed by atoms with E-state index in [9.17, 15) is 10.1 Å². The van der Waals surface area contributed by atoms with Crippen molar-refractivity contribution in [1.29, 1.82) is 0 Å². The fourth-order valence-corrected chi connectivity index (χ4v) is 1.47. The monoisotopic (exact) mass is 286 g/mol. The van der Waals surface area contributed by atoms with E-state index < -0.39 is 4.92 Å². The molecule has 0 fully saturated rings. The molecule has 0 aliphatic rings. The summed E-state index contributed by atoms with van der Waals surface area (Å²) in [5, 5.41) is 18.0. The molecule has 6 nitrogen and oxygen atoms in total. The van der Waals surface area contributed by atoms with E-state index >= 15 is 0 Å². The highest BCUT2D eigenvalue weighted by Crippen LogP contribution is 2.20. The zero-order chi connectivity index (χ0) is 13.5. The van der Waals surface area contributed by atoms with Crippen LogP contribution in [0.25, 0.3) is 0 Å². The first-order valence-electron chi connectivity index (χ1n) is 5.05. The third kappa shape index (κ3) is 4.27. The summed E-state index contributed by atoms with van der Waals surface area (Å²) in [4.78, 5) is 10.1. The second-order valence-electron chi connectivity index (χ2n) is 3.19. The Kier molecular flexibility index (Phi) is 5.47. The van der Waals surface area contributed by atoms with E-state index in [1.54, 1.807) is 0 Å². The lowest BCUT2D eigenvalue weighted by molar-refractivity contribution is -0.384. The molecule has 0 amide bonds. The van der Waals surface area contributed by atoms with E-state index in [2.05, 4.69) is 15.8 Å². The second-order valence-corrected chi connectivity index (χ2v) is 4.01. The molecule has 0 spiro atoms. The fraction of sp³-hybridized carbons (Fsp3) is 0.200. The number of nitrogens with zero attached hydrogens (tertiary/aromatic N) is 2. The molecule has 0 radical (unpaired) electrons. The van der Waals surface area contributed by atoms with Gasteiger partial charge < -0.3 is 5.32 Å². The van der Waals surface area contributed by atoms with Crippen molar-refractivity contribution in [3.05, 3.63) is 38.9 Å². The molecule has 1 aromatic rings. The number of thiocarbonyl (C=S) groups is 1. The maximum atomic E-state index is 10.6. The van der Waals surface area contributed by atoms with Crippen molar-refractivity contribution in [2.45, 2.75) is 6.92 Å². The van der Waals surface area contributed by atoms with Gasteiger partial charge in [-0.3, -0.25) is 15.5 Å². The minimum Gasteiger partial charge on any atom is -0.362 e. The van der Waals surface area contributed by atoms with Gasteiger partial charge >= 0.3 is 0 Å². The minimum absolute atomic E-state index is 0.0462. The van der Waals surface area contributed by atoms with Gasteiger partial charge in [0.05, 0.1) is 11.1 Å². The molecular formula is C10H11ClN4O2S. The molecule has 8 heteroatoms. The summed E-state index contributed by atoms with van der Waals surface area (Å²) in [5.74, 6) is 0. The topological polar surface area (TPSA) is 79.6 Å². The zero-order valence-electron chi connectivity index (χ0n) is 9.51. The van der Waals surface area contributed by atoms with E-state index in [1.807, 2.05) is 6.92 Å². The maximum absolute atomic E-state index is 10.6. The van der Waals surface area contributed by atoms with Crippen LogP contribution in [-0.2, 0) is 0 Å². The number of hydrogen-bond acceptors (Lipinski definition) is 4. The first-order chi connectivity index (χ1) is 8.54. The predicted octanol–water partition coefficient (Wildman–Crippen LogP) is 2.07. The molecule has 0 saturated carbocycles. The quantitative estimate of drug-likeness (QED) is 0.383. The van der Waals surface area contributed by atoms with Crippen molar-refractivity contribution >= 4 is 40.8 Å². The Hall–Kier alpha value is -1.73. The van der Waals surface area contributed by atoms with Crippen LogP contribution in [-0.4, -0.2) is 22.8 Å². The summed E-state index contributed by atoms with van der Waals surface area (Å²) in [5.41, 5.74) is 2.97. The highest BCUT2D eigenvalue weighted by atomic mass is 35.5. The van der Waals surface area contributed by atoms with Crippen LogP contribution < -0.4 is 10.7 Å². The molecule has 0 aliphatic heterocycles. The minimum atomic E-state index is -0.496. The van der Waals surface area contributed by atoms with Gasteiger partial charge in [-0.25, -0.2) is 0 Å². The molecule has 0 heterocycles. The Morgan fingerprint density at radius 2 is 2.39 bits per heavy atom. The highest BCUT2D eigenvalue weighted by Gasteiger charge is 2.08. The molecule has 0 saturated heterocycles. The van der Waals surface area contributed by atoms with E-state index in [1.165, 1.54) is 24.4 Å². The number of benzene rings is 1. The van der Waals surface area contributed by atoms with Gasteiger partial charge in [0.1, 0.15) is 0 Å². The zero-order valence-corrected chi connectivity index (χ0v) is 11.1. The number of nitrogens with one attached hydrogen (secondary N) is 2. The van der Waals surface area contributed by atoms with Gasteiger partial charge in [0.15, 0.2) is 5.11 Å². The van der Waals surface area contributed by atoms with E-state index in [0.717, 1.165) is 0 Å². The molecule has 18 heavy (non-hydrogen) atoms. The number of hydrazone groups is 1. The third-order valence-electron chi connectivity index (χ3n) is 1.90. The summed E-state index contributed by atoms with van der Waals surface area (Å²) >= 11 is 10.8. The van der Waals surface area contributed by atoms with Crippen molar-refractivity contribution in [2.24, 2.45) is 5.10 Å². The molecule has 0 unspecified atom stereocenters. The van der Waals surface area contributed by atoms with E-state index in [4.69, 9.17) is 23.8 Å². The summed E-state index contributed by atoms with van der Waals surface area (Å²) in [6.07, 6.45) is 1.37. The summed E-state index contributed by atoms with van der Waals surface area (Å²) in [6, 6.07) is 4.11. The standard InChI is InChI=1S/C10H11ClN4O2S/c1-2-12-10(18)14-13-6-7-5-8(15(16)17)3-4-9(7)11/h3-6H,2H2,1H3,(H2,12,14,18). The molecule has 96 valence electrons. The average Bonchev–Trinajstić information content (AvgIpc) is 2.31. The largest absolute Gasteiger partial charge is 0.362 e. The molecule has 1 aromatic carbocycles. The molecular weight excluding hydrogens is 276 g/mol. The third-order valence-corrected chi connectivity index (χ3v) is 2.48. The van der Waals surface area contributed by atoms with Gasteiger partial charge in [-0.15, -0.1) is 0 Å². The SMILES string of the molecule is CCNC(=S)NN=Cc1cc([N+](=O)[O-])ccc1Cl. The summed E-state index contributed by atoms with van der Waals surface area (Å²) in [6.45, 7) is 2.58. The summed E-state index contributed by atoms with van der Waals surface area (Å²) < 4.78 is 0. The highest BCUT2D eigenvalue weighted by molar-refractivity contribution is 7.80. The predicted molar refractivity (Wildman–Crippen MR) is 75.1 cm³/mol. The number of non-ortho nitro benzene ring substituents is 1. The van der Waals surface area contributed by atoms with Crippen molar-refractivity contribution < 1.29 is 4.92 Å². The van der Waals surface area contributed by atoms with E-state index in [0.29, 0.717) is 22.2 Å². The average molecular weight is 287 g/mol. The normalized spacial score (nSPS) is 10.3. The molecule has 0 aliphatic carbocycles. The van der Waals surface area contributed by atoms with Crippen LogP contribution >= 0.6 is 23.8 Å². The van der Waals surface area contributed by atoms with Gasteiger partial charge in [0.25, 0.3) is 5.69 Å². The lowest BCUT2D eigenvalue weighted by Gasteiger charge is -2.03. The number of nitro groups is 1. The lowest BCUT2D eigenvalue weighted by atomic mass is 10.2. The number of rotatable bonds is 4. The van der Waals surface area contributed by atoms with Gasteiger partial charge in [0.2, 0.25) is 0 Å². The Morgan fingerprint density at radius 1 is 1.67 bits per heavy atom. The molecule has 0 atom stereocenters. The lowest BCUT2D eigenvalue weighted by Crippen LogP contribution is -2.31. The van der Waals surface area contributed by atoms with E-state index in [-0.39, 0.29) is 5.69 Å². The number of nitro benzene ring substituents is 1. The Bertz CT molecular complexity index is 493. The first kappa shape index (κ1) is 14.3. The molecule has 2 N–H and O–H groups in total. The summed E-state index contributed by atoms with van der Waals surface area (Å²) in [7, 11) is 0. The van der Waals surface area contributed by atoms with Crippen LogP contribution in [0.1, 0.15) is 12.5 Å². The van der Waals surface area contributed by atoms with Crippen LogP contribution in [0.4, 0.5) is 5.69 Å². The van der Waals surface area contributed by atoms with Gasteiger partial charge in [-0.05, 0) is 25.2 Å². The molecule has 0 bridgehead atoms. The van der Waals surface area contributed by atoms with Crippen molar-refractivity contribution in [3.63, 3.8) is 0 Å². The smallest absolute Gasteiger partial charge is 0.270 e. The Balaban J connectivity index is 2.77. The van der Waals surface area contributed by atoms with Gasteiger partial charge in [0, 0.05) is 29.3 Å². The van der Waals surface area contributed by atoms with Crippen LogP contribution in [0, 0.1) is 10.1 Å². The first-order valence-corrected chi connectivity index (χ1v) is 5.84. The Labute approximate surface area is 114 Å². The van der Waals surface area contributed by atoms with Gasteiger partial charge in [-0.2, -0.15) is 5.10 Å². The molecule has 1 rings (SSSR count). The van der Waals surface area contributed by atoms with Crippen LogP contribution in [0.5, 0.6) is 0 Å². The van der Waals surface area contributed by atoms with Crippen LogP contribution in [0.2, 0.25) is 5.02 Å².